The van der Waals surface area contributed by atoms with Gasteiger partial charge in [0, 0.05) is 37.4 Å². The molecule has 2 aromatic rings. The van der Waals surface area contributed by atoms with Crippen LogP contribution in [-0.4, -0.2) is 60.8 Å². The second-order valence-electron chi connectivity index (χ2n) is 9.20. The first-order valence-corrected chi connectivity index (χ1v) is 12.9. The van der Waals surface area contributed by atoms with Gasteiger partial charge < -0.3 is 14.4 Å². The van der Waals surface area contributed by atoms with E-state index in [1.807, 2.05) is 36.4 Å². The number of benzene rings is 1. The van der Waals surface area contributed by atoms with Crippen molar-refractivity contribution in [1.29, 1.82) is 0 Å². The van der Waals surface area contributed by atoms with Gasteiger partial charge in [-0.3, -0.25) is 4.79 Å². The average Bonchev–Trinajstić information content (AvgIpc) is 3.14. The number of nitrogens with zero attached hydrogens (tertiary/aromatic N) is 2. The van der Waals surface area contributed by atoms with Gasteiger partial charge in [0.1, 0.15) is 0 Å². The van der Waals surface area contributed by atoms with E-state index in [4.69, 9.17) is 9.47 Å². The lowest BCUT2D eigenvalue weighted by atomic mass is 9.92. The predicted octanol–water partition coefficient (Wildman–Crippen LogP) is 5.34. The third-order valence-electron chi connectivity index (χ3n) is 6.42. The molecule has 3 heterocycles. The number of carbonyl (C=O) groups is 1. The molecule has 0 N–H and O–H groups in total. The van der Waals surface area contributed by atoms with Gasteiger partial charge >= 0.3 is 6.18 Å². The molecule has 0 bridgehead atoms. The zero-order chi connectivity index (χ0) is 24.7. The molecule has 0 amide bonds. The minimum Gasteiger partial charge on any atom is -0.460 e. The molecule has 190 valence electrons. The number of hydrogen-bond donors (Lipinski definition) is 0. The molecule has 4 rings (SSSR count). The van der Waals surface area contributed by atoms with Crippen molar-refractivity contribution in [3.63, 3.8) is 0 Å². The van der Waals surface area contributed by atoms with E-state index in [1.54, 1.807) is 6.08 Å². The SMILES string of the molecule is O=C(/C=C/c1ccccc1)C[C@H]1CC[C@H](CCN2CCc3nc(OCC(F)(F)F)sc3CC2)OC1. The third-order valence-corrected chi connectivity index (χ3v) is 7.49. The molecule has 1 aromatic heterocycles. The van der Waals surface area contributed by atoms with E-state index >= 15 is 0 Å². The number of ketones is 1. The zero-order valence-corrected chi connectivity index (χ0v) is 20.5. The lowest BCUT2D eigenvalue weighted by Gasteiger charge is -2.30. The largest absolute Gasteiger partial charge is 0.460 e. The molecule has 0 aliphatic carbocycles. The van der Waals surface area contributed by atoms with Crippen molar-refractivity contribution in [2.45, 2.75) is 50.8 Å². The van der Waals surface area contributed by atoms with Crippen molar-refractivity contribution in [2.75, 3.05) is 32.8 Å². The number of halogens is 3. The number of aromatic nitrogens is 1. The Bertz CT molecular complexity index is 960. The van der Waals surface area contributed by atoms with Gasteiger partial charge in [0.05, 0.1) is 18.4 Å². The van der Waals surface area contributed by atoms with E-state index < -0.39 is 12.8 Å². The molecule has 0 spiro atoms. The Morgan fingerprint density at radius 1 is 1.20 bits per heavy atom. The van der Waals surface area contributed by atoms with Crippen LogP contribution in [0.15, 0.2) is 36.4 Å². The van der Waals surface area contributed by atoms with Crippen LogP contribution in [0.3, 0.4) is 0 Å². The Labute approximate surface area is 207 Å². The highest BCUT2D eigenvalue weighted by Crippen LogP contribution is 2.30. The van der Waals surface area contributed by atoms with Crippen LogP contribution in [0.25, 0.3) is 6.08 Å². The fourth-order valence-electron chi connectivity index (χ4n) is 4.50. The summed E-state index contributed by atoms with van der Waals surface area (Å²) in [5.74, 6) is 0.409. The zero-order valence-electron chi connectivity index (χ0n) is 19.6. The molecule has 0 radical (unpaired) electrons. The second-order valence-corrected chi connectivity index (χ2v) is 10.2. The lowest BCUT2D eigenvalue weighted by molar-refractivity contribution is -0.153. The Morgan fingerprint density at radius 2 is 2.00 bits per heavy atom. The highest BCUT2D eigenvalue weighted by molar-refractivity contribution is 7.13. The van der Waals surface area contributed by atoms with Crippen LogP contribution in [0.2, 0.25) is 0 Å². The Morgan fingerprint density at radius 3 is 2.74 bits per heavy atom. The molecule has 1 fully saturated rings. The number of ether oxygens (including phenoxy) is 2. The first-order valence-electron chi connectivity index (χ1n) is 12.1. The molecule has 5 nitrogen and oxygen atoms in total. The number of thiazole rings is 1. The number of alkyl halides is 3. The molecule has 2 aliphatic rings. The summed E-state index contributed by atoms with van der Waals surface area (Å²) >= 11 is 1.23. The maximum Gasteiger partial charge on any atom is 0.422 e. The van der Waals surface area contributed by atoms with E-state index in [-0.39, 0.29) is 23.0 Å². The minimum atomic E-state index is -4.35. The van der Waals surface area contributed by atoms with Gasteiger partial charge in [-0.05, 0) is 43.2 Å². The number of hydrogen-bond acceptors (Lipinski definition) is 6. The molecule has 35 heavy (non-hydrogen) atoms. The fraction of sp³-hybridized carbons (Fsp3) is 0.538. The van der Waals surface area contributed by atoms with Gasteiger partial charge in [0.2, 0.25) is 0 Å². The number of allylic oxidation sites excluding steroid dienone is 1. The highest BCUT2D eigenvalue weighted by Gasteiger charge is 2.30. The average molecular weight is 509 g/mol. The molecular weight excluding hydrogens is 477 g/mol. The van der Waals surface area contributed by atoms with Crippen LogP contribution in [0.5, 0.6) is 5.19 Å². The summed E-state index contributed by atoms with van der Waals surface area (Å²) in [7, 11) is 0. The molecule has 1 saturated heterocycles. The first-order chi connectivity index (χ1) is 16.8. The van der Waals surface area contributed by atoms with Crippen LogP contribution in [0.4, 0.5) is 13.2 Å². The number of carbonyl (C=O) groups excluding carboxylic acids is 1. The van der Waals surface area contributed by atoms with E-state index in [0.29, 0.717) is 19.4 Å². The van der Waals surface area contributed by atoms with Crippen LogP contribution in [-0.2, 0) is 22.4 Å². The maximum absolute atomic E-state index is 12.4. The molecule has 1 aromatic carbocycles. The summed E-state index contributed by atoms with van der Waals surface area (Å²) in [6.45, 7) is 1.92. The van der Waals surface area contributed by atoms with Crippen LogP contribution < -0.4 is 4.74 Å². The van der Waals surface area contributed by atoms with Crippen molar-refractivity contribution in [2.24, 2.45) is 5.92 Å². The predicted molar refractivity (Wildman–Crippen MR) is 130 cm³/mol. The van der Waals surface area contributed by atoms with Gasteiger partial charge in [-0.2, -0.15) is 13.2 Å². The van der Waals surface area contributed by atoms with Crippen LogP contribution >= 0.6 is 11.3 Å². The lowest BCUT2D eigenvalue weighted by Crippen LogP contribution is -2.33. The number of rotatable bonds is 9. The van der Waals surface area contributed by atoms with Gasteiger partial charge in [-0.15, -0.1) is 0 Å². The van der Waals surface area contributed by atoms with E-state index in [1.165, 1.54) is 11.3 Å². The maximum atomic E-state index is 12.4. The molecule has 2 aliphatic heterocycles. The minimum absolute atomic E-state index is 0.111. The van der Waals surface area contributed by atoms with E-state index in [2.05, 4.69) is 9.88 Å². The summed E-state index contributed by atoms with van der Waals surface area (Å²) < 4.78 is 48.0. The quantitative estimate of drug-likeness (QED) is 0.428. The second kappa shape index (κ2) is 12.1. The van der Waals surface area contributed by atoms with E-state index in [0.717, 1.165) is 61.5 Å². The Balaban J connectivity index is 1.13. The van der Waals surface area contributed by atoms with Crippen molar-refractivity contribution < 1.29 is 27.4 Å². The fourth-order valence-corrected chi connectivity index (χ4v) is 5.44. The first kappa shape index (κ1) is 25.9. The van der Waals surface area contributed by atoms with Gasteiger partial charge in [-0.1, -0.05) is 47.7 Å². The highest BCUT2D eigenvalue weighted by atomic mass is 32.1. The summed E-state index contributed by atoms with van der Waals surface area (Å²) in [5, 5.41) is 0.111. The standard InChI is InChI=1S/C26H31F3N2O3S/c27-26(28,29)18-34-25-30-23-11-14-31(15-12-24(23)35-25)13-10-22-9-7-20(17-33-22)16-21(32)8-6-19-4-2-1-3-5-19/h1-6,8,20,22H,7,9-18H2/b8-6+/t20-,22-/m1/s1. The molecule has 9 heteroatoms. The summed E-state index contributed by atoms with van der Waals surface area (Å²) in [6, 6.07) is 9.81. The molecule has 2 atom stereocenters. The van der Waals surface area contributed by atoms with Gasteiger partial charge in [0.15, 0.2) is 12.4 Å². The normalized spacial score (nSPS) is 21.6. The third kappa shape index (κ3) is 8.44. The monoisotopic (exact) mass is 508 g/mol. The van der Waals surface area contributed by atoms with Crippen LogP contribution in [0.1, 0.15) is 41.8 Å². The van der Waals surface area contributed by atoms with Gasteiger partial charge in [-0.25, -0.2) is 4.98 Å². The summed E-state index contributed by atoms with van der Waals surface area (Å²) in [5.41, 5.74) is 1.88. The molecule has 0 unspecified atom stereocenters. The van der Waals surface area contributed by atoms with Gasteiger partial charge in [0.25, 0.3) is 5.19 Å². The Hall–Kier alpha value is -2.23. The summed E-state index contributed by atoms with van der Waals surface area (Å²) in [6.07, 6.45) is 4.29. The number of fused-ring (bicyclic) bond motifs is 1. The van der Waals surface area contributed by atoms with Crippen LogP contribution in [0, 0.1) is 5.92 Å². The van der Waals surface area contributed by atoms with Crippen molar-refractivity contribution >= 4 is 23.2 Å². The smallest absolute Gasteiger partial charge is 0.422 e. The summed E-state index contributed by atoms with van der Waals surface area (Å²) in [4.78, 5) is 20.0. The van der Waals surface area contributed by atoms with Crippen molar-refractivity contribution in [3.8, 4) is 5.19 Å². The molecular formula is C26H31F3N2O3S. The van der Waals surface area contributed by atoms with E-state index in [9.17, 15) is 18.0 Å². The molecule has 0 saturated carbocycles. The van der Waals surface area contributed by atoms with Crippen molar-refractivity contribution in [1.82, 2.24) is 9.88 Å². The Kier molecular flexibility index (Phi) is 8.97. The van der Waals surface area contributed by atoms with Crippen molar-refractivity contribution in [3.05, 3.63) is 52.5 Å². The topological polar surface area (TPSA) is 51.7 Å².